The number of amides is 1. The SMILES string of the molecule is CCN(CC)S(=O)(=O)c1ccc(N2C[C@@H](C(=O)OCc3cccnc3)CC2=O)cc1. The summed E-state index contributed by atoms with van der Waals surface area (Å²) in [4.78, 5) is 30.4. The van der Waals surface area contributed by atoms with Crippen LogP contribution in [-0.2, 0) is 31.0 Å². The first kappa shape index (κ1) is 21.9. The third kappa shape index (κ3) is 4.68. The predicted molar refractivity (Wildman–Crippen MR) is 111 cm³/mol. The van der Waals surface area contributed by atoms with Gasteiger partial charge in [-0.1, -0.05) is 19.9 Å². The highest BCUT2D eigenvalue weighted by atomic mass is 32.2. The molecule has 0 aliphatic carbocycles. The van der Waals surface area contributed by atoms with Crippen LogP contribution in [0.3, 0.4) is 0 Å². The van der Waals surface area contributed by atoms with Crippen molar-refractivity contribution in [2.24, 2.45) is 5.92 Å². The maximum Gasteiger partial charge on any atom is 0.311 e. The van der Waals surface area contributed by atoms with Crippen LogP contribution in [-0.4, -0.2) is 49.2 Å². The van der Waals surface area contributed by atoms with Gasteiger partial charge in [-0.25, -0.2) is 8.42 Å². The fourth-order valence-electron chi connectivity index (χ4n) is 3.38. The van der Waals surface area contributed by atoms with Gasteiger partial charge in [0.1, 0.15) is 6.61 Å². The molecule has 0 N–H and O–H groups in total. The van der Waals surface area contributed by atoms with Crippen molar-refractivity contribution in [3.05, 3.63) is 54.4 Å². The minimum absolute atomic E-state index is 0.0609. The van der Waals surface area contributed by atoms with Crippen molar-refractivity contribution in [1.82, 2.24) is 9.29 Å². The first-order chi connectivity index (χ1) is 14.4. The van der Waals surface area contributed by atoms with E-state index >= 15 is 0 Å². The lowest BCUT2D eigenvalue weighted by Gasteiger charge is -2.20. The zero-order chi connectivity index (χ0) is 21.7. The minimum atomic E-state index is -3.56. The van der Waals surface area contributed by atoms with Crippen molar-refractivity contribution in [3.63, 3.8) is 0 Å². The van der Waals surface area contributed by atoms with Crippen LogP contribution in [0.4, 0.5) is 5.69 Å². The van der Waals surface area contributed by atoms with Crippen LogP contribution in [0, 0.1) is 5.92 Å². The molecule has 2 aromatic rings. The molecule has 2 heterocycles. The van der Waals surface area contributed by atoms with Gasteiger partial charge in [-0.3, -0.25) is 14.6 Å². The van der Waals surface area contributed by atoms with Crippen LogP contribution in [0.15, 0.2) is 53.7 Å². The Balaban J connectivity index is 1.65. The molecule has 3 rings (SSSR count). The molecule has 0 unspecified atom stereocenters. The van der Waals surface area contributed by atoms with Gasteiger partial charge < -0.3 is 9.64 Å². The summed E-state index contributed by atoms with van der Waals surface area (Å²) in [6.45, 7) is 4.64. The van der Waals surface area contributed by atoms with Crippen molar-refractivity contribution in [3.8, 4) is 0 Å². The zero-order valence-electron chi connectivity index (χ0n) is 17.0. The number of sulfonamides is 1. The standard InChI is InChI=1S/C21H25N3O5S/c1-3-23(4-2)30(27,28)19-9-7-18(8-10-19)24-14-17(12-20(24)25)21(26)29-15-16-6-5-11-22-13-16/h5-11,13,17H,3-4,12,14-15H2,1-2H3/t17-/m0/s1. The average Bonchev–Trinajstić information content (AvgIpc) is 3.15. The van der Waals surface area contributed by atoms with E-state index in [1.54, 1.807) is 50.5 Å². The molecule has 1 aromatic heterocycles. The third-order valence-corrected chi connectivity index (χ3v) is 7.12. The Hall–Kier alpha value is -2.78. The van der Waals surface area contributed by atoms with Crippen LogP contribution in [0.25, 0.3) is 0 Å². The van der Waals surface area contributed by atoms with Gasteiger partial charge in [0.05, 0.1) is 10.8 Å². The average molecular weight is 432 g/mol. The lowest BCUT2D eigenvalue weighted by molar-refractivity contribution is -0.149. The minimum Gasteiger partial charge on any atom is -0.460 e. The highest BCUT2D eigenvalue weighted by molar-refractivity contribution is 7.89. The first-order valence-corrected chi connectivity index (χ1v) is 11.3. The van der Waals surface area contributed by atoms with Gasteiger partial charge in [0.25, 0.3) is 0 Å². The number of esters is 1. The highest BCUT2D eigenvalue weighted by Crippen LogP contribution is 2.27. The zero-order valence-corrected chi connectivity index (χ0v) is 17.8. The Morgan fingerprint density at radius 1 is 1.20 bits per heavy atom. The molecule has 160 valence electrons. The molecule has 1 amide bonds. The van der Waals surface area contributed by atoms with E-state index in [-0.39, 0.29) is 30.4 Å². The van der Waals surface area contributed by atoms with Crippen molar-refractivity contribution < 1.29 is 22.7 Å². The number of benzene rings is 1. The van der Waals surface area contributed by atoms with Gasteiger partial charge in [0.2, 0.25) is 15.9 Å². The molecule has 1 saturated heterocycles. The summed E-state index contributed by atoms with van der Waals surface area (Å²) in [6.07, 6.45) is 3.32. The van der Waals surface area contributed by atoms with E-state index in [2.05, 4.69) is 4.98 Å². The Morgan fingerprint density at radius 2 is 1.90 bits per heavy atom. The van der Waals surface area contributed by atoms with E-state index in [1.165, 1.54) is 21.3 Å². The van der Waals surface area contributed by atoms with Crippen molar-refractivity contribution >= 4 is 27.6 Å². The summed E-state index contributed by atoms with van der Waals surface area (Å²) in [5.74, 6) is -1.19. The summed E-state index contributed by atoms with van der Waals surface area (Å²) in [5.41, 5.74) is 1.33. The molecule has 0 bridgehead atoms. The Kier molecular flexibility index (Phi) is 6.84. The van der Waals surface area contributed by atoms with Crippen LogP contribution in [0.5, 0.6) is 0 Å². The van der Waals surface area contributed by atoms with Crippen molar-refractivity contribution in [2.45, 2.75) is 31.8 Å². The summed E-state index contributed by atoms with van der Waals surface area (Å²) in [6, 6.07) is 9.73. The largest absolute Gasteiger partial charge is 0.460 e. The van der Waals surface area contributed by atoms with Crippen molar-refractivity contribution in [2.75, 3.05) is 24.5 Å². The van der Waals surface area contributed by atoms with Gasteiger partial charge in [-0.2, -0.15) is 4.31 Å². The number of aromatic nitrogens is 1. The molecule has 9 heteroatoms. The lowest BCUT2D eigenvalue weighted by Crippen LogP contribution is -2.30. The molecule has 0 radical (unpaired) electrons. The molecular weight excluding hydrogens is 406 g/mol. The number of ether oxygens (including phenoxy) is 1. The number of pyridine rings is 1. The Bertz CT molecular complexity index is 989. The quantitative estimate of drug-likeness (QED) is 0.595. The van der Waals surface area contributed by atoms with Gasteiger partial charge in [0, 0.05) is 49.7 Å². The van der Waals surface area contributed by atoms with Crippen LogP contribution in [0.1, 0.15) is 25.8 Å². The van der Waals surface area contributed by atoms with Gasteiger partial charge in [-0.15, -0.1) is 0 Å². The summed E-state index contributed by atoms with van der Waals surface area (Å²) in [5, 5.41) is 0. The van der Waals surface area contributed by atoms with E-state index in [1.807, 2.05) is 0 Å². The van der Waals surface area contributed by atoms with Crippen LogP contribution >= 0.6 is 0 Å². The molecule has 0 saturated carbocycles. The van der Waals surface area contributed by atoms with Gasteiger partial charge in [0.15, 0.2) is 0 Å². The van der Waals surface area contributed by atoms with Gasteiger partial charge >= 0.3 is 5.97 Å². The number of hydrogen-bond acceptors (Lipinski definition) is 6. The maximum atomic E-state index is 12.6. The third-order valence-electron chi connectivity index (χ3n) is 5.05. The molecule has 1 aromatic carbocycles. The molecule has 1 atom stereocenters. The summed E-state index contributed by atoms with van der Waals surface area (Å²) < 4.78 is 31.9. The second kappa shape index (κ2) is 9.36. The van der Waals surface area contributed by atoms with E-state index in [0.717, 1.165) is 5.56 Å². The Morgan fingerprint density at radius 3 is 2.50 bits per heavy atom. The number of carbonyl (C=O) groups excluding carboxylic acids is 2. The second-order valence-corrected chi connectivity index (χ2v) is 8.90. The number of anilines is 1. The number of nitrogens with zero attached hydrogens (tertiary/aromatic N) is 3. The molecule has 8 nitrogen and oxygen atoms in total. The number of hydrogen-bond donors (Lipinski definition) is 0. The van der Waals surface area contributed by atoms with E-state index in [4.69, 9.17) is 4.74 Å². The number of rotatable bonds is 8. The fourth-order valence-corrected chi connectivity index (χ4v) is 4.84. The summed E-state index contributed by atoms with van der Waals surface area (Å²) >= 11 is 0. The molecule has 1 fully saturated rings. The molecular formula is C21H25N3O5S. The van der Waals surface area contributed by atoms with E-state index in [9.17, 15) is 18.0 Å². The molecule has 0 spiro atoms. The first-order valence-electron chi connectivity index (χ1n) is 9.83. The molecule has 30 heavy (non-hydrogen) atoms. The fraction of sp³-hybridized carbons (Fsp3) is 0.381. The number of carbonyl (C=O) groups is 2. The van der Waals surface area contributed by atoms with Crippen molar-refractivity contribution in [1.29, 1.82) is 0 Å². The van der Waals surface area contributed by atoms with E-state index in [0.29, 0.717) is 18.8 Å². The van der Waals surface area contributed by atoms with Crippen LogP contribution in [0.2, 0.25) is 0 Å². The lowest BCUT2D eigenvalue weighted by atomic mass is 10.1. The topological polar surface area (TPSA) is 96.9 Å². The smallest absolute Gasteiger partial charge is 0.311 e. The molecule has 1 aliphatic rings. The van der Waals surface area contributed by atoms with Crippen LogP contribution < -0.4 is 4.90 Å². The maximum absolute atomic E-state index is 12.6. The summed E-state index contributed by atoms with van der Waals surface area (Å²) in [7, 11) is -3.56. The van der Waals surface area contributed by atoms with E-state index < -0.39 is 21.9 Å². The predicted octanol–water partition coefficient (Wildman–Crippen LogP) is 2.21. The monoisotopic (exact) mass is 431 g/mol. The highest BCUT2D eigenvalue weighted by Gasteiger charge is 2.36. The van der Waals surface area contributed by atoms with Gasteiger partial charge in [-0.05, 0) is 30.3 Å². The second-order valence-electron chi connectivity index (χ2n) is 6.96. The Labute approximate surface area is 176 Å². The molecule has 1 aliphatic heterocycles. The normalized spacial score (nSPS) is 16.8.